The minimum absolute atomic E-state index is 0.0929. The molecule has 28 heavy (non-hydrogen) atoms. The van der Waals surface area contributed by atoms with Crippen LogP contribution in [-0.4, -0.2) is 30.3 Å². The largest absolute Gasteiger partial charge is 0.467 e. The fourth-order valence-electron chi connectivity index (χ4n) is 2.00. The van der Waals surface area contributed by atoms with Gasteiger partial charge in [0.1, 0.15) is 5.76 Å². The minimum atomic E-state index is -0.740. The van der Waals surface area contributed by atoms with Crippen molar-refractivity contribution in [3.63, 3.8) is 0 Å². The summed E-state index contributed by atoms with van der Waals surface area (Å²) in [5, 5.41) is 2.81. The number of nitrogens with one attached hydrogen (secondary N) is 3. The summed E-state index contributed by atoms with van der Waals surface area (Å²) in [5.41, 5.74) is 4.44. The van der Waals surface area contributed by atoms with E-state index in [1.165, 1.54) is 18.4 Å². The minimum Gasteiger partial charge on any atom is -0.467 e. The molecule has 0 atom stereocenters. The molecule has 9 nitrogen and oxygen atoms in total. The standard InChI is InChI=1S/C18H18ClN3O6/c19-14-6-2-1-5-13(14)18(26)22-21-16(24)11-28-17(25)8-7-15(23)20-10-12-4-3-9-27-12/h1-6,9H,7-8,10-11H2,(H,20,23)(H,21,24)(H,22,26). The lowest BCUT2D eigenvalue weighted by Gasteiger charge is -2.09. The number of benzene rings is 1. The van der Waals surface area contributed by atoms with Gasteiger partial charge in [0.05, 0.1) is 29.8 Å². The van der Waals surface area contributed by atoms with E-state index in [-0.39, 0.29) is 35.9 Å². The maximum atomic E-state index is 11.9. The molecule has 0 aliphatic carbocycles. The van der Waals surface area contributed by atoms with Crippen molar-refractivity contribution in [2.24, 2.45) is 0 Å². The van der Waals surface area contributed by atoms with Crippen LogP contribution in [0.25, 0.3) is 0 Å². The molecule has 0 bridgehead atoms. The van der Waals surface area contributed by atoms with Crippen LogP contribution in [0.5, 0.6) is 0 Å². The number of carbonyl (C=O) groups is 4. The number of ether oxygens (including phenoxy) is 1. The molecule has 0 unspecified atom stereocenters. The maximum Gasteiger partial charge on any atom is 0.306 e. The van der Waals surface area contributed by atoms with Crippen molar-refractivity contribution in [2.75, 3.05) is 6.61 Å². The predicted molar refractivity (Wildman–Crippen MR) is 97.8 cm³/mol. The van der Waals surface area contributed by atoms with Gasteiger partial charge in [-0.05, 0) is 24.3 Å². The summed E-state index contributed by atoms with van der Waals surface area (Å²) in [5.74, 6) is -1.84. The molecular formula is C18H18ClN3O6. The first-order chi connectivity index (χ1) is 13.5. The number of hydrogen-bond donors (Lipinski definition) is 3. The van der Waals surface area contributed by atoms with Gasteiger partial charge in [0.25, 0.3) is 11.8 Å². The van der Waals surface area contributed by atoms with Gasteiger partial charge < -0.3 is 14.5 Å². The van der Waals surface area contributed by atoms with E-state index in [2.05, 4.69) is 16.2 Å². The Morgan fingerprint density at radius 3 is 2.46 bits per heavy atom. The second kappa shape index (κ2) is 10.7. The third-order valence-electron chi connectivity index (χ3n) is 3.39. The number of furan rings is 1. The zero-order chi connectivity index (χ0) is 20.4. The van der Waals surface area contributed by atoms with Crippen LogP contribution in [0.15, 0.2) is 47.1 Å². The SMILES string of the molecule is O=C(CCC(=O)OCC(=O)NNC(=O)c1ccccc1Cl)NCc1ccco1. The molecular weight excluding hydrogens is 390 g/mol. The quantitative estimate of drug-likeness (QED) is 0.447. The molecule has 148 valence electrons. The molecule has 0 aliphatic heterocycles. The molecule has 1 heterocycles. The van der Waals surface area contributed by atoms with Crippen LogP contribution < -0.4 is 16.2 Å². The second-order valence-electron chi connectivity index (χ2n) is 5.50. The first-order valence-corrected chi connectivity index (χ1v) is 8.62. The van der Waals surface area contributed by atoms with Gasteiger partial charge in [0, 0.05) is 6.42 Å². The molecule has 2 rings (SSSR count). The van der Waals surface area contributed by atoms with Crippen LogP contribution in [0.3, 0.4) is 0 Å². The lowest BCUT2D eigenvalue weighted by molar-refractivity contribution is -0.149. The smallest absolute Gasteiger partial charge is 0.306 e. The van der Waals surface area contributed by atoms with E-state index in [0.717, 1.165) is 0 Å². The second-order valence-corrected chi connectivity index (χ2v) is 5.91. The Morgan fingerprint density at radius 1 is 0.964 bits per heavy atom. The summed E-state index contributed by atoms with van der Waals surface area (Å²) in [6.07, 6.45) is 1.20. The van der Waals surface area contributed by atoms with Gasteiger partial charge in [-0.25, -0.2) is 0 Å². The van der Waals surface area contributed by atoms with Gasteiger partial charge in [-0.3, -0.25) is 30.0 Å². The highest BCUT2D eigenvalue weighted by Crippen LogP contribution is 2.14. The fourth-order valence-corrected chi connectivity index (χ4v) is 2.22. The first kappa shape index (κ1) is 21.0. The number of hydrogen-bond acceptors (Lipinski definition) is 6. The van der Waals surface area contributed by atoms with Crippen molar-refractivity contribution in [3.05, 3.63) is 59.0 Å². The summed E-state index contributed by atoms with van der Waals surface area (Å²) in [6, 6.07) is 9.70. The molecule has 1 aromatic carbocycles. The third-order valence-corrected chi connectivity index (χ3v) is 3.72. The normalized spacial score (nSPS) is 10.0. The number of amides is 3. The lowest BCUT2D eigenvalue weighted by Crippen LogP contribution is -2.43. The average molecular weight is 408 g/mol. The Labute approximate surface area is 165 Å². The van der Waals surface area contributed by atoms with E-state index >= 15 is 0 Å². The van der Waals surface area contributed by atoms with E-state index in [1.54, 1.807) is 24.3 Å². The molecule has 3 amide bonds. The number of halogens is 1. The third kappa shape index (κ3) is 7.12. The van der Waals surface area contributed by atoms with Crippen LogP contribution in [0.1, 0.15) is 29.0 Å². The van der Waals surface area contributed by atoms with Crippen LogP contribution in [0.2, 0.25) is 5.02 Å². The maximum absolute atomic E-state index is 11.9. The predicted octanol–water partition coefficient (Wildman–Crippen LogP) is 1.33. The average Bonchev–Trinajstić information content (AvgIpc) is 3.21. The summed E-state index contributed by atoms with van der Waals surface area (Å²) in [6.45, 7) is -0.385. The van der Waals surface area contributed by atoms with E-state index < -0.39 is 24.4 Å². The van der Waals surface area contributed by atoms with Crippen molar-refractivity contribution in [3.8, 4) is 0 Å². The van der Waals surface area contributed by atoms with Gasteiger partial charge in [0.15, 0.2) is 6.61 Å². The Balaban J connectivity index is 1.60. The van der Waals surface area contributed by atoms with Gasteiger partial charge in [-0.15, -0.1) is 0 Å². The van der Waals surface area contributed by atoms with Crippen LogP contribution in [-0.2, 0) is 25.7 Å². The van der Waals surface area contributed by atoms with Gasteiger partial charge in [0.2, 0.25) is 5.91 Å². The van der Waals surface area contributed by atoms with Crippen molar-refractivity contribution in [2.45, 2.75) is 19.4 Å². The summed E-state index contributed by atoms with van der Waals surface area (Å²) >= 11 is 5.87. The Bertz CT molecular complexity index is 838. The molecule has 0 spiro atoms. The van der Waals surface area contributed by atoms with E-state index in [0.29, 0.717) is 5.76 Å². The van der Waals surface area contributed by atoms with E-state index in [9.17, 15) is 19.2 Å². The monoisotopic (exact) mass is 407 g/mol. The van der Waals surface area contributed by atoms with E-state index in [4.69, 9.17) is 20.8 Å². The Hall–Kier alpha value is -3.33. The highest BCUT2D eigenvalue weighted by atomic mass is 35.5. The summed E-state index contributed by atoms with van der Waals surface area (Å²) in [7, 11) is 0. The fraction of sp³-hybridized carbons (Fsp3) is 0.222. The van der Waals surface area contributed by atoms with Crippen molar-refractivity contribution in [1.29, 1.82) is 0 Å². The molecule has 0 fully saturated rings. The zero-order valence-electron chi connectivity index (χ0n) is 14.7. The molecule has 1 aromatic heterocycles. The molecule has 2 aromatic rings. The topological polar surface area (TPSA) is 127 Å². The zero-order valence-corrected chi connectivity index (χ0v) is 15.5. The first-order valence-electron chi connectivity index (χ1n) is 8.24. The molecule has 0 saturated carbocycles. The van der Waals surface area contributed by atoms with Gasteiger partial charge in [-0.1, -0.05) is 23.7 Å². The van der Waals surface area contributed by atoms with E-state index in [1.807, 2.05) is 0 Å². The van der Waals surface area contributed by atoms with Crippen LogP contribution in [0, 0.1) is 0 Å². The van der Waals surface area contributed by atoms with Crippen molar-refractivity contribution < 1.29 is 28.3 Å². The Kier molecular flexibility index (Phi) is 8.04. The lowest BCUT2D eigenvalue weighted by atomic mass is 10.2. The Morgan fingerprint density at radius 2 is 1.75 bits per heavy atom. The number of rotatable bonds is 8. The van der Waals surface area contributed by atoms with Crippen molar-refractivity contribution >= 4 is 35.3 Å². The van der Waals surface area contributed by atoms with Crippen LogP contribution in [0.4, 0.5) is 0 Å². The molecule has 0 radical (unpaired) electrons. The van der Waals surface area contributed by atoms with Gasteiger partial charge >= 0.3 is 5.97 Å². The number of hydrazine groups is 1. The number of esters is 1. The van der Waals surface area contributed by atoms with Crippen molar-refractivity contribution in [1.82, 2.24) is 16.2 Å². The van der Waals surface area contributed by atoms with Crippen LogP contribution >= 0.6 is 11.6 Å². The highest BCUT2D eigenvalue weighted by molar-refractivity contribution is 6.33. The molecule has 0 saturated heterocycles. The molecule has 0 aliphatic rings. The molecule has 3 N–H and O–H groups in total. The summed E-state index contributed by atoms with van der Waals surface area (Å²) < 4.78 is 9.80. The van der Waals surface area contributed by atoms with Gasteiger partial charge in [-0.2, -0.15) is 0 Å². The number of carbonyl (C=O) groups excluding carboxylic acids is 4. The molecule has 10 heteroatoms. The summed E-state index contributed by atoms with van der Waals surface area (Å²) in [4.78, 5) is 46.7. The highest BCUT2D eigenvalue weighted by Gasteiger charge is 2.13.